The molecule has 5 heteroatoms. The van der Waals surface area contributed by atoms with Crippen LogP contribution < -0.4 is 4.90 Å². The van der Waals surface area contributed by atoms with Gasteiger partial charge in [0.05, 0.1) is 22.7 Å². The van der Waals surface area contributed by atoms with E-state index < -0.39 is 0 Å². The molecule has 27 heavy (non-hydrogen) atoms. The molecule has 1 saturated heterocycles. The summed E-state index contributed by atoms with van der Waals surface area (Å²) in [7, 11) is 0. The Balaban J connectivity index is 1.38. The van der Waals surface area contributed by atoms with Crippen molar-refractivity contribution in [3.8, 4) is 0 Å². The van der Waals surface area contributed by atoms with Crippen LogP contribution in [-0.4, -0.2) is 13.1 Å². The number of azo groups is 2. The molecular weight excluding hydrogens is 334 g/mol. The summed E-state index contributed by atoms with van der Waals surface area (Å²) < 4.78 is 0. The van der Waals surface area contributed by atoms with Gasteiger partial charge < -0.3 is 4.90 Å². The molecule has 1 fully saturated rings. The van der Waals surface area contributed by atoms with Crippen LogP contribution in [0.3, 0.4) is 0 Å². The zero-order valence-corrected chi connectivity index (χ0v) is 15.1. The van der Waals surface area contributed by atoms with Crippen LogP contribution in [0.15, 0.2) is 99.3 Å². The van der Waals surface area contributed by atoms with Crippen LogP contribution in [0.25, 0.3) is 0 Å². The smallest absolute Gasteiger partial charge is 0.0858 e. The third kappa shape index (κ3) is 4.64. The van der Waals surface area contributed by atoms with Crippen LogP contribution in [0.2, 0.25) is 0 Å². The summed E-state index contributed by atoms with van der Waals surface area (Å²) in [6.45, 7) is 2.30. The normalized spacial score (nSPS) is 14.4. The van der Waals surface area contributed by atoms with E-state index in [0.717, 1.165) is 35.8 Å². The summed E-state index contributed by atoms with van der Waals surface area (Å²) >= 11 is 0. The largest absolute Gasteiger partial charge is 0.372 e. The standard InChI is InChI=1S/C22H21N5/c1-2-6-18(7-3-1)23-24-19-8-10-20(11-9-19)25-26-21-12-14-22(15-13-21)27-16-4-5-17-27/h1-3,6-15H,4-5,16-17H2/b24-23+,26-25+. The quantitative estimate of drug-likeness (QED) is 0.450. The topological polar surface area (TPSA) is 52.7 Å². The lowest BCUT2D eigenvalue weighted by atomic mass is 10.2. The maximum absolute atomic E-state index is 4.32. The van der Waals surface area contributed by atoms with Gasteiger partial charge in [-0.3, -0.25) is 0 Å². The van der Waals surface area contributed by atoms with E-state index in [1.165, 1.54) is 18.5 Å². The van der Waals surface area contributed by atoms with Crippen LogP contribution in [0.1, 0.15) is 12.8 Å². The average molecular weight is 355 g/mol. The monoisotopic (exact) mass is 355 g/mol. The Bertz CT molecular complexity index is 909. The number of hydrogen-bond acceptors (Lipinski definition) is 5. The highest BCUT2D eigenvalue weighted by molar-refractivity contribution is 5.53. The molecule has 5 nitrogen and oxygen atoms in total. The Morgan fingerprint density at radius 1 is 0.481 bits per heavy atom. The van der Waals surface area contributed by atoms with E-state index in [1.807, 2.05) is 66.7 Å². The third-order valence-electron chi connectivity index (χ3n) is 4.49. The van der Waals surface area contributed by atoms with Gasteiger partial charge in [0.1, 0.15) is 0 Å². The number of nitrogens with zero attached hydrogens (tertiary/aromatic N) is 5. The van der Waals surface area contributed by atoms with Gasteiger partial charge in [-0.2, -0.15) is 20.5 Å². The minimum atomic E-state index is 0.785. The molecule has 0 amide bonds. The lowest BCUT2D eigenvalue weighted by Gasteiger charge is -2.17. The number of hydrogen-bond donors (Lipinski definition) is 0. The van der Waals surface area contributed by atoms with Crippen molar-refractivity contribution in [3.05, 3.63) is 78.9 Å². The minimum absolute atomic E-state index is 0.785. The van der Waals surface area contributed by atoms with Crippen molar-refractivity contribution in [1.29, 1.82) is 0 Å². The molecule has 0 aromatic heterocycles. The van der Waals surface area contributed by atoms with Crippen molar-refractivity contribution in [1.82, 2.24) is 0 Å². The van der Waals surface area contributed by atoms with Gasteiger partial charge >= 0.3 is 0 Å². The summed E-state index contributed by atoms with van der Waals surface area (Å²) in [5, 5.41) is 17.1. The van der Waals surface area contributed by atoms with E-state index in [9.17, 15) is 0 Å². The second kappa shape index (κ2) is 8.36. The summed E-state index contributed by atoms with van der Waals surface area (Å²) in [4.78, 5) is 2.41. The summed E-state index contributed by atoms with van der Waals surface area (Å²) in [6.07, 6.45) is 2.56. The lowest BCUT2D eigenvalue weighted by molar-refractivity contribution is 0.949. The van der Waals surface area contributed by atoms with Gasteiger partial charge in [-0.1, -0.05) is 18.2 Å². The SMILES string of the molecule is c1ccc(/N=N/c2ccc(/N=N/c3ccc(N4CCCC4)cc3)cc2)cc1. The fourth-order valence-electron chi connectivity index (χ4n) is 3.02. The molecule has 0 saturated carbocycles. The molecular formula is C22H21N5. The van der Waals surface area contributed by atoms with Gasteiger partial charge in [0, 0.05) is 18.8 Å². The fourth-order valence-corrected chi connectivity index (χ4v) is 3.02. The zero-order valence-electron chi connectivity index (χ0n) is 15.1. The molecule has 1 aliphatic rings. The van der Waals surface area contributed by atoms with E-state index in [-0.39, 0.29) is 0 Å². The van der Waals surface area contributed by atoms with Crippen LogP contribution in [-0.2, 0) is 0 Å². The molecule has 0 N–H and O–H groups in total. The van der Waals surface area contributed by atoms with E-state index >= 15 is 0 Å². The molecule has 0 unspecified atom stereocenters. The van der Waals surface area contributed by atoms with E-state index in [2.05, 4.69) is 37.5 Å². The maximum Gasteiger partial charge on any atom is 0.0858 e. The Morgan fingerprint density at radius 2 is 0.889 bits per heavy atom. The molecule has 134 valence electrons. The second-order valence-electron chi connectivity index (χ2n) is 6.46. The average Bonchev–Trinajstić information content (AvgIpc) is 3.28. The minimum Gasteiger partial charge on any atom is -0.372 e. The van der Waals surface area contributed by atoms with Crippen LogP contribution in [0, 0.1) is 0 Å². The van der Waals surface area contributed by atoms with Gasteiger partial charge in [0.15, 0.2) is 0 Å². The Morgan fingerprint density at radius 3 is 1.37 bits per heavy atom. The molecule has 1 aliphatic heterocycles. The molecule has 0 bridgehead atoms. The van der Waals surface area contributed by atoms with Crippen molar-refractivity contribution in [2.45, 2.75) is 12.8 Å². The van der Waals surface area contributed by atoms with Gasteiger partial charge in [0.2, 0.25) is 0 Å². The number of anilines is 1. The van der Waals surface area contributed by atoms with Crippen molar-refractivity contribution < 1.29 is 0 Å². The predicted molar refractivity (Wildman–Crippen MR) is 109 cm³/mol. The summed E-state index contributed by atoms with van der Waals surface area (Å²) in [5.74, 6) is 0. The van der Waals surface area contributed by atoms with Crippen molar-refractivity contribution >= 4 is 28.4 Å². The Labute approximate surface area is 159 Å². The molecule has 3 aromatic carbocycles. The molecule has 0 radical (unpaired) electrons. The predicted octanol–water partition coefficient (Wildman–Crippen LogP) is 7.12. The van der Waals surface area contributed by atoms with Gasteiger partial charge in [0.25, 0.3) is 0 Å². The summed E-state index contributed by atoms with van der Waals surface area (Å²) in [6, 6.07) is 25.5. The number of benzene rings is 3. The summed E-state index contributed by atoms with van der Waals surface area (Å²) in [5.41, 5.74) is 4.52. The first-order chi connectivity index (χ1) is 13.4. The van der Waals surface area contributed by atoms with E-state index in [1.54, 1.807) is 0 Å². The highest BCUT2D eigenvalue weighted by Gasteiger charge is 2.11. The first kappa shape index (κ1) is 17.1. The van der Waals surface area contributed by atoms with Gasteiger partial charge in [-0.05, 0) is 73.5 Å². The Hall–Kier alpha value is -3.34. The first-order valence-corrected chi connectivity index (χ1v) is 9.20. The van der Waals surface area contributed by atoms with Crippen LogP contribution in [0.5, 0.6) is 0 Å². The van der Waals surface area contributed by atoms with Gasteiger partial charge in [-0.15, -0.1) is 0 Å². The molecule has 1 heterocycles. The van der Waals surface area contributed by atoms with Crippen molar-refractivity contribution in [2.24, 2.45) is 20.5 Å². The van der Waals surface area contributed by atoms with E-state index in [4.69, 9.17) is 0 Å². The fraction of sp³-hybridized carbons (Fsp3) is 0.182. The first-order valence-electron chi connectivity index (χ1n) is 9.20. The Kier molecular flexibility index (Phi) is 5.29. The second-order valence-corrected chi connectivity index (χ2v) is 6.46. The van der Waals surface area contributed by atoms with Crippen LogP contribution >= 0.6 is 0 Å². The zero-order chi connectivity index (χ0) is 18.3. The van der Waals surface area contributed by atoms with Gasteiger partial charge in [-0.25, -0.2) is 0 Å². The molecule has 0 aliphatic carbocycles. The highest BCUT2D eigenvalue weighted by atomic mass is 15.1. The van der Waals surface area contributed by atoms with Crippen LogP contribution in [0.4, 0.5) is 28.4 Å². The molecule has 0 atom stereocenters. The maximum atomic E-state index is 4.32. The van der Waals surface area contributed by atoms with Crippen molar-refractivity contribution in [3.63, 3.8) is 0 Å². The molecule has 4 rings (SSSR count). The number of rotatable bonds is 5. The van der Waals surface area contributed by atoms with E-state index in [0.29, 0.717) is 0 Å². The molecule has 0 spiro atoms. The highest BCUT2D eigenvalue weighted by Crippen LogP contribution is 2.26. The molecule has 3 aromatic rings. The third-order valence-corrected chi connectivity index (χ3v) is 4.49. The lowest BCUT2D eigenvalue weighted by Crippen LogP contribution is -2.17. The van der Waals surface area contributed by atoms with Crippen molar-refractivity contribution in [2.75, 3.05) is 18.0 Å².